The largest absolute Gasteiger partial charge is 0.507 e. The number of aryl methyl sites for hydroxylation is 1. The summed E-state index contributed by atoms with van der Waals surface area (Å²) in [5, 5.41) is 17.1. The summed E-state index contributed by atoms with van der Waals surface area (Å²) in [7, 11) is 0. The number of anilines is 1. The van der Waals surface area contributed by atoms with E-state index >= 15 is 0 Å². The first-order valence-electron chi connectivity index (χ1n) is 8.88. The Kier molecular flexibility index (Phi) is 5.24. The van der Waals surface area contributed by atoms with Gasteiger partial charge in [-0.1, -0.05) is 30.3 Å². The molecule has 0 unspecified atom stereocenters. The molecule has 1 heterocycles. The lowest BCUT2D eigenvalue weighted by Gasteiger charge is -2.13. The Morgan fingerprint density at radius 1 is 1.07 bits per heavy atom. The molecular formula is C22H17N3O2S2. The van der Waals surface area contributed by atoms with E-state index in [2.05, 4.69) is 15.6 Å². The number of aromatic hydroxyl groups is 1. The van der Waals surface area contributed by atoms with Gasteiger partial charge in [-0.25, -0.2) is 4.98 Å². The zero-order valence-corrected chi connectivity index (χ0v) is 17.1. The van der Waals surface area contributed by atoms with Crippen molar-refractivity contribution in [3.05, 3.63) is 77.9 Å². The fraction of sp³-hybridized carbons (Fsp3) is 0.0455. The van der Waals surface area contributed by atoms with Gasteiger partial charge in [-0.3, -0.25) is 10.1 Å². The maximum atomic E-state index is 12.3. The van der Waals surface area contributed by atoms with Gasteiger partial charge in [0.1, 0.15) is 10.8 Å². The van der Waals surface area contributed by atoms with Gasteiger partial charge in [-0.2, -0.15) is 0 Å². The number of fused-ring (bicyclic) bond motifs is 1. The van der Waals surface area contributed by atoms with Gasteiger partial charge in [0.25, 0.3) is 5.91 Å². The van der Waals surface area contributed by atoms with Crippen molar-refractivity contribution in [1.82, 2.24) is 10.3 Å². The Morgan fingerprint density at radius 3 is 2.55 bits per heavy atom. The number of rotatable bonds is 3. The summed E-state index contributed by atoms with van der Waals surface area (Å²) in [6.45, 7) is 1.81. The lowest BCUT2D eigenvalue weighted by atomic mass is 10.1. The molecule has 0 atom stereocenters. The molecule has 7 heteroatoms. The van der Waals surface area contributed by atoms with Gasteiger partial charge in [-0.05, 0) is 61.1 Å². The van der Waals surface area contributed by atoms with Gasteiger partial charge in [0, 0.05) is 11.3 Å². The van der Waals surface area contributed by atoms with E-state index in [1.165, 1.54) is 11.3 Å². The highest BCUT2D eigenvalue weighted by Crippen LogP contribution is 2.38. The van der Waals surface area contributed by atoms with Crippen molar-refractivity contribution in [1.29, 1.82) is 0 Å². The second-order valence-electron chi connectivity index (χ2n) is 6.45. The standard InChI is InChI=1S/C22H17N3O2S2/c1-13-11-15(23-22(28)25-20(27)14-7-3-2-4-8-14)12-16(19(13)26)21-24-17-9-5-6-10-18(17)29-21/h2-12,26H,1H3,(H2,23,25,27,28). The Morgan fingerprint density at radius 2 is 1.79 bits per heavy atom. The minimum absolute atomic E-state index is 0.175. The summed E-state index contributed by atoms with van der Waals surface area (Å²) in [5.41, 5.74) is 3.36. The summed E-state index contributed by atoms with van der Waals surface area (Å²) in [4.78, 5) is 16.9. The SMILES string of the molecule is Cc1cc(NC(=S)NC(=O)c2ccccc2)cc(-c2nc3ccccc3s2)c1O. The maximum Gasteiger partial charge on any atom is 0.257 e. The minimum Gasteiger partial charge on any atom is -0.507 e. The molecule has 0 spiro atoms. The number of nitrogens with one attached hydrogen (secondary N) is 2. The molecule has 4 rings (SSSR count). The van der Waals surface area contributed by atoms with E-state index in [9.17, 15) is 9.90 Å². The number of phenolic OH excluding ortho intramolecular Hbond substituents is 1. The highest BCUT2D eigenvalue weighted by molar-refractivity contribution is 7.80. The van der Waals surface area contributed by atoms with Gasteiger partial charge < -0.3 is 10.4 Å². The zero-order valence-electron chi connectivity index (χ0n) is 15.5. The number of carbonyl (C=O) groups excluding carboxylic acids is 1. The van der Waals surface area contributed by atoms with Crippen molar-refractivity contribution >= 4 is 50.5 Å². The number of carbonyl (C=O) groups is 1. The highest BCUT2D eigenvalue weighted by Gasteiger charge is 2.15. The third-order valence-electron chi connectivity index (χ3n) is 4.35. The van der Waals surface area contributed by atoms with Crippen molar-refractivity contribution in [2.45, 2.75) is 6.92 Å². The van der Waals surface area contributed by atoms with Crippen LogP contribution in [0.25, 0.3) is 20.8 Å². The quantitative estimate of drug-likeness (QED) is 0.318. The minimum atomic E-state index is -0.287. The molecule has 0 aliphatic heterocycles. The molecule has 1 aromatic heterocycles. The second-order valence-corrected chi connectivity index (χ2v) is 7.89. The first-order chi connectivity index (χ1) is 14.0. The van der Waals surface area contributed by atoms with E-state index in [1.54, 1.807) is 36.4 Å². The van der Waals surface area contributed by atoms with E-state index in [4.69, 9.17) is 12.2 Å². The number of hydrogen-bond donors (Lipinski definition) is 3. The number of nitrogens with zero attached hydrogens (tertiary/aromatic N) is 1. The predicted molar refractivity (Wildman–Crippen MR) is 122 cm³/mol. The van der Waals surface area contributed by atoms with Gasteiger partial charge >= 0.3 is 0 Å². The van der Waals surface area contributed by atoms with E-state index in [-0.39, 0.29) is 16.8 Å². The maximum absolute atomic E-state index is 12.3. The third-order valence-corrected chi connectivity index (χ3v) is 5.62. The van der Waals surface area contributed by atoms with Crippen LogP contribution < -0.4 is 10.6 Å². The average molecular weight is 420 g/mol. The molecule has 29 heavy (non-hydrogen) atoms. The Balaban J connectivity index is 1.58. The van der Waals surface area contributed by atoms with E-state index in [0.29, 0.717) is 22.4 Å². The molecule has 1 amide bonds. The van der Waals surface area contributed by atoms with E-state index in [1.807, 2.05) is 37.3 Å². The molecule has 4 aromatic rings. The van der Waals surface area contributed by atoms with Crippen molar-refractivity contribution in [2.24, 2.45) is 0 Å². The van der Waals surface area contributed by atoms with Crippen LogP contribution in [0.3, 0.4) is 0 Å². The van der Waals surface area contributed by atoms with Crippen molar-refractivity contribution < 1.29 is 9.90 Å². The molecule has 0 bridgehead atoms. The van der Waals surface area contributed by atoms with E-state index < -0.39 is 0 Å². The van der Waals surface area contributed by atoms with Crippen LogP contribution in [0.4, 0.5) is 5.69 Å². The topological polar surface area (TPSA) is 74.2 Å². The number of thiocarbonyl (C=S) groups is 1. The number of aromatic nitrogens is 1. The normalized spacial score (nSPS) is 10.7. The summed E-state index contributed by atoms with van der Waals surface area (Å²) in [5.74, 6) is -0.112. The van der Waals surface area contributed by atoms with Crippen LogP contribution in [-0.4, -0.2) is 21.1 Å². The van der Waals surface area contributed by atoms with Gasteiger partial charge in [0.2, 0.25) is 0 Å². The molecule has 0 saturated heterocycles. The van der Waals surface area contributed by atoms with Crippen LogP contribution >= 0.6 is 23.6 Å². The van der Waals surface area contributed by atoms with Crippen LogP contribution in [0.2, 0.25) is 0 Å². The number of amides is 1. The summed E-state index contributed by atoms with van der Waals surface area (Å²) >= 11 is 6.79. The first-order valence-corrected chi connectivity index (χ1v) is 10.1. The Labute approximate surface area is 177 Å². The highest BCUT2D eigenvalue weighted by atomic mass is 32.1. The smallest absolute Gasteiger partial charge is 0.257 e. The molecule has 0 saturated carbocycles. The van der Waals surface area contributed by atoms with Crippen LogP contribution in [0.15, 0.2) is 66.7 Å². The Bertz CT molecular complexity index is 1190. The Hall–Kier alpha value is -3.29. The summed E-state index contributed by atoms with van der Waals surface area (Å²) in [6.07, 6.45) is 0. The average Bonchev–Trinajstić information content (AvgIpc) is 3.15. The molecule has 0 fully saturated rings. The lowest BCUT2D eigenvalue weighted by molar-refractivity contribution is 0.0977. The molecule has 3 N–H and O–H groups in total. The number of thiazole rings is 1. The molecular weight excluding hydrogens is 402 g/mol. The fourth-order valence-corrected chi connectivity index (χ4v) is 4.12. The fourth-order valence-electron chi connectivity index (χ4n) is 2.93. The van der Waals surface area contributed by atoms with E-state index in [0.717, 1.165) is 15.2 Å². The molecule has 3 aromatic carbocycles. The lowest BCUT2D eigenvalue weighted by Crippen LogP contribution is -2.34. The molecule has 144 valence electrons. The summed E-state index contributed by atoms with van der Waals surface area (Å²) < 4.78 is 1.04. The summed E-state index contributed by atoms with van der Waals surface area (Å²) in [6, 6.07) is 20.2. The van der Waals surface area contributed by atoms with Crippen LogP contribution in [-0.2, 0) is 0 Å². The zero-order chi connectivity index (χ0) is 20.4. The first kappa shape index (κ1) is 19.0. The van der Waals surface area contributed by atoms with Crippen molar-refractivity contribution in [3.8, 4) is 16.3 Å². The molecule has 5 nitrogen and oxygen atoms in total. The van der Waals surface area contributed by atoms with Gasteiger partial charge in [0.15, 0.2) is 5.11 Å². The van der Waals surface area contributed by atoms with Crippen LogP contribution in [0, 0.1) is 6.92 Å². The van der Waals surface area contributed by atoms with Gasteiger partial charge in [0.05, 0.1) is 15.8 Å². The number of phenols is 1. The molecule has 0 aliphatic carbocycles. The monoisotopic (exact) mass is 419 g/mol. The molecule has 0 radical (unpaired) electrons. The van der Waals surface area contributed by atoms with Crippen molar-refractivity contribution in [2.75, 3.05) is 5.32 Å². The second kappa shape index (κ2) is 7.98. The number of benzene rings is 3. The predicted octanol–water partition coefficient (Wildman–Crippen LogP) is 5.10. The number of para-hydroxylation sites is 1. The number of hydrogen-bond acceptors (Lipinski definition) is 5. The van der Waals surface area contributed by atoms with Crippen molar-refractivity contribution in [3.63, 3.8) is 0 Å². The molecule has 0 aliphatic rings. The van der Waals surface area contributed by atoms with Crippen LogP contribution in [0.1, 0.15) is 15.9 Å². The van der Waals surface area contributed by atoms with Crippen LogP contribution in [0.5, 0.6) is 5.75 Å². The van der Waals surface area contributed by atoms with Gasteiger partial charge in [-0.15, -0.1) is 11.3 Å². The third kappa shape index (κ3) is 4.11.